The van der Waals surface area contributed by atoms with Crippen molar-refractivity contribution in [1.29, 1.82) is 0 Å². The number of carbonyl (C=O) groups is 1. The highest BCUT2D eigenvalue weighted by molar-refractivity contribution is 6.77. The van der Waals surface area contributed by atoms with Crippen LogP contribution in [0.2, 0.25) is 25.7 Å². The Hall–Kier alpha value is -0.833. The molecule has 1 aliphatic rings. The van der Waals surface area contributed by atoms with Crippen molar-refractivity contribution in [1.82, 2.24) is 0 Å². The first-order valence-electron chi connectivity index (χ1n) is 7.87. The number of esters is 1. The van der Waals surface area contributed by atoms with Crippen LogP contribution < -0.4 is 0 Å². The van der Waals surface area contributed by atoms with Crippen LogP contribution in [0, 0.1) is 5.92 Å². The van der Waals surface area contributed by atoms with E-state index in [9.17, 15) is 4.79 Å². The summed E-state index contributed by atoms with van der Waals surface area (Å²) in [5.74, 6) is 0.721. The molecule has 0 aromatic heterocycles. The van der Waals surface area contributed by atoms with Gasteiger partial charge in [-0.15, -0.1) is 0 Å². The van der Waals surface area contributed by atoms with Gasteiger partial charge in [-0.25, -0.2) is 4.79 Å². The summed E-state index contributed by atoms with van der Waals surface area (Å²) in [4.78, 5) is 12.0. The summed E-state index contributed by atoms with van der Waals surface area (Å²) in [5, 5.41) is 0. The first kappa shape index (κ1) is 17.2. The number of hydrogen-bond donors (Lipinski definition) is 0. The third-order valence-electron chi connectivity index (χ3n) is 3.70. The quantitative estimate of drug-likeness (QED) is 0.407. The highest BCUT2D eigenvalue weighted by Gasteiger charge is 2.20. The van der Waals surface area contributed by atoms with Crippen LogP contribution in [0.1, 0.15) is 39.5 Å². The van der Waals surface area contributed by atoms with Crippen molar-refractivity contribution >= 4 is 14.0 Å². The van der Waals surface area contributed by atoms with Crippen molar-refractivity contribution in [2.45, 2.75) is 65.2 Å². The molecule has 3 heteroatoms. The molecule has 20 heavy (non-hydrogen) atoms. The summed E-state index contributed by atoms with van der Waals surface area (Å²) < 4.78 is 5.19. The SMILES string of the molecule is CCOC(=O)/C(=C/C=C1CCC(C)CC1)C[Si](C)(C)C. The van der Waals surface area contributed by atoms with Crippen molar-refractivity contribution in [3.63, 3.8) is 0 Å². The average Bonchev–Trinajstić information content (AvgIpc) is 2.35. The molecule has 1 aliphatic carbocycles. The third kappa shape index (κ3) is 6.55. The normalized spacial score (nSPS) is 20.8. The summed E-state index contributed by atoms with van der Waals surface area (Å²) in [6.45, 7) is 11.5. The molecule has 0 saturated heterocycles. The van der Waals surface area contributed by atoms with E-state index in [0.29, 0.717) is 6.61 Å². The lowest BCUT2D eigenvalue weighted by molar-refractivity contribution is -0.138. The Balaban J connectivity index is 2.78. The second-order valence-corrected chi connectivity index (χ2v) is 12.6. The molecule has 0 aromatic rings. The molecule has 2 nitrogen and oxygen atoms in total. The molecule has 0 atom stereocenters. The summed E-state index contributed by atoms with van der Waals surface area (Å²) in [7, 11) is -1.31. The molecule has 0 N–H and O–H groups in total. The summed E-state index contributed by atoms with van der Waals surface area (Å²) >= 11 is 0. The van der Waals surface area contributed by atoms with Crippen LogP contribution in [-0.2, 0) is 9.53 Å². The Morgan fingerprint density at radius 2 is 1.90 bits per heavy atom. The molecule has 0 aromatic carbocycles. The first-order chi connectivity index (χ1) is 9.31. The predicted octanol–water partition coefficient (Wildman–Crippen LogP) is 4.95. The maximum Gasteiger partial charge on any atom is 0.333 e. The Morgan fingerprint density at radius 3 is 2.40 bits per heavy atom. The molecule has 1 fully saturated rings. The standard InChI is InChI=1S/C17H30O2Si/c1-6-19-17(18)16(13-20(3,4)5)12-11-15-9-7-14(2)8-10-15/h11-12,14H,6-10,13H2,1-5H3/b15-11?,16-12+. The number of rotatable bonds is 5. The zero-order valence-corrected chi connectivity index (χ0v) is 14.8. The van der Waals surface area contributed by atoms with Crippen LogP contribution >= 0.6 is 0 Å². The smallest absolute Gasteiger partial charge is 0.333 e. The van der Waals surface area contributed by atoms with Crippen LogP contribution in [0.15, 0.2) is 23.3 Å². The summed E-state index contributed by atoms with van der Waals surface area (Å²) in [6.07, 6.45) is 9.13. The number of allylic oxidation sites excluding steroid dienone is 3. The van der Waals surface area contributed by atoms with Gasteiger partial charge in [0, 0.05) is 13.6 Å². The van der Waals surface area contributed by atoms with E-state index in [0.717, 1.165) is 17.5 Å². The Kier molecular flexibility index (Phi) is 6.73. The van der Waals surface area contributed by atoms with Crippen LogP contribution in [0.3, 0.4) is 0 Å². The van der Waals surface area contributed by atoms with Gasteiger partial charge in [0.05, 0.1) is 6.61 Å². The third-order valence-corrected chi connectivity index (χ3v) is 5.14. The molecule has 1 saturated carbocycles. The molecule has 0 amide bonds. The monoisotopic (exact) mass is 294 g/mol. The van der Waals surface area contributed by atoms with E-state index in [4.69, 9.17) is 4.74 Å². The fourth-order valence-electron chi connectivity index (χ4n) is 2.51. The highest BCUT2D eigenvalue weighted by atomic mass is 28.3. The topological polar surface area (TPSA) is 26.3 Å². The molecular weight excluding hydrogens is 264 g/mol. The van der Waals surface area contributed by atoms with E-state index in [1.54, 1.807) is 0 Å². The van der Waals surface area contributed by atoms with Gasteiger partial charge in [0.2, 0.25) is 0 Å². The zero-order chi connectivity index (χ0) is 15.2. The van der Waals surface area contributed by atoms with Gasteiger partial charge in [-0.2, -0.15) is 0 Å². The van der Waals surface area contributed by atoms with E-state index < -0.39 is 8.07 Å². The first-order valence-corrected chi connectivity index (χ1v) is 11.6. The minimum absolute atomic E-state index is 0.129. The molecular formula is C17H30O2Si. The molecule has 1 rings (SSSR count). The van der Waals surface area contributed by atoms with Crippen LogP contribution in [-0.4, -0.2) is 20.7 Å². The lowest BCUT2D eigenvalue weighted by Crippen LogP contribution is -2.23. The second-order valence-electron chi connectivity index (χ2n) is 7.16. The Morgan fingerprint density at radius 1 is 1.30 bits per heavy atom. The highest BCUT2D eigenvalue weighted by Crippen LogP contribution is 2.28. The van der Waals surface area contributed by atoms with Crippen LogP contribution in [0.4, 0.5) is 0 Å². The Labute approximate surface area is 125 Å². The second kappa shape index (κ2) is 7.82. The number of hydrogen-bond acceptors (Lipinski definition) is 2. The maximum absolute atomic E-state index is 12.0. The van der Waals surface area contributed by atoms with E-state index in [1.807, 2.05) is 13.0 Å². The lowest BCUT2D eigenvalue weighted by atomic mass is 9.87. The molecule has 0 spiro atoms. The van der Waals surface area contributed by atoms with Crippen molar-refractivity contribution in [3.8, 4) is 0 Å². The van der Waals surface area contributed by atoms with E-state index in [-0.39, 0.29) is 5.97 Å². The zero-order valence-electron chi connectivity index (χ0n) is 13.8. The molecule has 0 radical (unpaired) electrons. The fourth-order valence-corrected chi connectivity index (χ4v) is 3.92. The van der Waals surface area contributed by atoms with Crippen molar-refractivity contribution < 1.29 is 9.53 Å². The van der Waals surface area contributed by atoms with Gasteiger partial charge < -0.3 is 4.74 Å². The van der Waals surface area contributed by atoms with Gasteiger partial charge in [-0.3, -0.25) is 0 Å². The summed E-state index contributed by atoms with van der Waals surface area (Å²) in [5.41, 5.74) is 2.35. The van der Waals surface area contributed by atoms with E-state index in [1.165, 1.54) is 31.3 Å². The number of ether oxygens (including phenoxy) is 1. The van der Waals surface area contributed by atoms with Crippen molar-refractivity contribution in [3.05, 3.63) is 23.3 Å². The van der Waals surface area contributed by atoms with Gasteiger partial charge in [0.15, 0.2) is 0 Å². The minimum atomic E-state index is -1.31. The molecule has 0 unspecified atom stereocenters. The average molecular weight is 295 g/mol. The van der Waals surface area contributed by atoms with Gasteiger partial charge in [0.1, 0.15) is 0 Å². The maximum atomic E-state index is 12.0. The van der Waals surface area contributed by atoms with E-state index >= 15 is 0 Å². The lowest BCUT2D eigenvalue weighted by Gasteiger charge is -2.20. The fraction of sp³-hybridized carbons (Fsp3) is 0.706. The molecule has 0 bridgehead atoms. The van der Waals surface area contributed by atoms with Gasteiger partial charge in [-0.1, -0.05) is 44.3 Å². The van der Waals surface area contributed by atoms with Crippen LogP contribution in [0.25, 0.3) is 0 Å². The number of carbonyl (C=O) groups excluding carboxylic acids is 1. The van der Waals surface area contributed by atoms with Gasteiger partial charge >= 0.3 is 5.97 Å². The predicted molar refractivity (Wildman–Crippen MR) is 88.6 cm³/mol. The van der Waals surface area contributed by atoms with Gasteiger partial charge in [-0.05, 0) is 44.6 Å². The van der Waals surface area contributed by atoms with Crippen LogP contribution in [0.5, 0.6) is 0 Å². The van der Waals surface area contributed by atoms with Crippen molar-refractivity contribution in [2.75, 3.05) is 6.61 Å². The molecule has 114 valence electrons. The summed E-state index contributed by atoms with van der Waals surface area (Å²) in [6, 6.07) is 0.895. The molecule has 0 aliphatic heterocycles. The molecule has 0 heterocycles. The minimum Gasteiger partial charge on any atom is -0.463 e. The van der Waals surface area contributed by atoms with Crippen molar-refractivity contribution in [2.24, 2.45) is 5.92 Å². The van der Waals surface area contributed by atoms with E-state index in [2.05, 4.69) is 32.6 Å². The Bertz CT molecular complexity index is 378. The largest absolute Gasteiger partial charge is 0.463 e. The van der Waals surface area contributed by atoms with Gasteiger partial charge in [0.25, 0.3) is 0 Å².